The van der Waals surface area contributed by atoms with Crippen molar-refractivity contribution in [2.75, 3.05) is 7.11 Å². The smallest absolute Gasteiger partial charge is 0.379 e. The average Bonchev–Trinajstić information content (AvgIpc) is 2.72. The first-order chi connectivity index (χ1) is 14.6. The molecule has 0 atom stereocenters. The third kappa shape index (κ3) is 7.96. The monoisotopic (exact) mass is 464 g/mol. The van der Waals surface area contributed by atoms with Crippen molar-refractivity contribution >= 4 is 19.5 Å². The summed E-state index contributed by atoms with van der Waals surface area (Å²) in [6, 6.07) is 23.7. The fourth-order valence-corrected chi connectivity index (χ4v) is 2.97. The molecule has 0 heterocycles. The summed E-state index contributed by atoms with van der Waals surface area (Å²) in [5, 5.41) is 0. The predicted octanol–water partition coefficient (Wildman–Crippen LogP) is 7.28. The van der Waals surface area contributed by atoms with Crippen LogP contribution in [0.1, 0.15) is 31.1 Å². The van der Waals surface area contributed by atoms with Gasteiger partial charge in [-0.25, -0.2) is 4.79 Å². The highest BCUT2D eigenvalue weighted by atomic mass is 32.1. The number of esters is 1. The van der Waals surface area contributed by atoms with Crippen LogP contribution in [-0.4, -0.2) is 25.4 Å². The minimum atomic E-state index is -3.67. The summed E-state index contributed by atoms with van der Waals surface area (Å²) in [5.74, 6) is 0.260. The van der Waals surface area contributed by atoms with Gasteiger partial charge in [-0.15, -0.1) is 0 Å². The summed E-state index contributed by atoms with van der Waals surface area (Å²) in [6.07, 6.45) is 0. The normalized spacial score (nSPS) is 10.5. The second kappa shape index (κ2) is 12.2. The summed E-state index contributed by atoms with van der Waals surface area (Å²) in [7, 11) is 1.59. The molecule has 0 aromatic heterocycles. The van der Waals surface area contributed by atoms with Crippen molar-refractivity contribution in [1.29, 1.82) is 0 Å². The zero-order valence-corrected chi connectivity index (χ0v) is 19.4. The molecule has 3 rings (SSSR count). The van der Waals surface area contributed by atoms with Crippen LogP contribution in [0.15, 0.2) is 72.8 Å². The van der Waals surface area contributed by atoms with E-state index in [1.807, 2.05) is 69.3 Å². The Labute approximate surface area is 193 Å². The number of ether oxygens (including phenoxy) is 2. The van der Waals surface area contributed by atoms with E-state index in [1.54, 1.807) is 13.2 Å². The molecule has 0 aliphatic rings. The maximum absolute atomic E-state index is 12.9. The van der Waals surface area contributed by atoms with Crippen molar-refractivity contribution in [3.8, 4) is 28.0 Å². The van der Waals surface area contributed by atoms with Crippen LogP contribution < -0.4 is 4.74 Å². The van der Waals surface area contributed by atoms with Gasteiger partial charge in [0.2, 0.25) is 0 Å². The van der Waals surface area contributed by atoms with Crippen molar-refractivity contribution in [3.63, 3.8) is 0 Å². The second-order valence-electron chi connectivity index (χ2n) is 7.57. The van der Waals surface area contributed by atoms with Gasteiger partial charge in [-0.3, -0.25) is 0 Å². The van der Waals surface area contributed by atoms with Crippen molar-refractivity contribution < 1.29 is 27.4 Å². The van der Waals surface area contributed by atoms with Crippen LogP contribution in [0, 0.1) is 0 Å². The standard InChI is InChI=1S/C24H24O3.CHF3.H2S/c1-24(2,3)27-23(25)22-16-18(26-4)14-15-21(22)20-13-9-8-12-19(20)17-10-6-5-7-11-17;2-1(3)4;/h5-16H,1-4H3;1H;1H2. The zero-order chi connectivity index (χ0) is 23.0. The van der Waals surface area contributed by atoms with E-state index in [0.29, 0.717) is 11.3 Å². The molecule has 0 spiro atoms. The average molecular weight is 465 g/mol. The second-order valence-corrected chi connectivity index (χ2v) is 7.57. The van der Waals surface area contributed by atoms with Crippen molar-refractivity contribution in [2.24, 2.45) is 0 Å². The number of hydrogen-bond donors (Lipinski definition) is 0. The van der Waals surface area contributed by atoms with E-state index in [2.05, 4.69) is 18.2 Å². The van der Waals surface area contributed by atoms with Crippen molar-refractivity contribution in [2.45, 2.75) is 33.1 Å². The molecule has 0 radical (unpaired) electrons. The summed E-state index contributed by atoms with van der Waals surface area (Å²) in [6.45, 7) is 1.92. The molecular weight excluding hydrogens is 437 g/mol. The molecule has 0 aliphatic heterocycles. The Kier molecular flexibility index (Phi) is 10.3. The number of methoxy groups -OCH3 is 1. The quantitative estimate of drug-likeness (QED) is 0.381. The minimum absolute atomic E-state index is 0. The maximum Gasteiger partial charge on any atom is 0.379 e. The van der Waals surface area contributed by atoms with Gasteiger partial charge in [0, 0.05) is 0 Å². The first-order valence-electron chi connectivity index (χ1n) is 9.61. The first kappa shape index (κ1) is 27.1. The van der Waals surface area contributed by atoms with Crippen LogP contribution >= 0.6 is 13.5 Å². The number of alkyl halides is 3. The van der Waals surface area contributed by atoms with Gasteiger partial charge >= 0.3 is 12.6 Å². The molecule has 0 fully saturated rings. The molecule has 3 aromatic rings. The third-order valence-electron chi connectivity index (χ3n) is 4.15. The predicted molar refractivity (Wildman–Crippen MR) is 127 cm³/mol. The van der Waals surface area contributed by atoms with Crippen molar-refractivity contribution in [3.05, 3.63) is 78.4 Å². The van der Waals surface area contributed by atoms with Crippen LogP contribution in [0.25, 0.3) is 22.3 Å². The van der Waals surface area contributed by atoms with E-state index < -0.39 is 12.3 Å². The Balaban J connectivity index is 0.000000945. The molecule has 0 aliphatic carbocycles. The Morgan fingerprint density at radius 3 is 1.88 bits per heavy atom. The van der Waals surface area contributed by atoms with E-state index in [1.165, 1.54) is 0 Å². The summed E-state index contributed by atoms with van der Waals surface area (Å²) in [5.41, 5.74) is 3.88. The fraction of sp³-hybridized carbons (Fsp3) is 0.240. The molecule has 0 amide bonds. The highest BCUT2D eigenvalue weighted by Gasteiger charge is 2.22. The van der Waals surface area contributed by atoms with Gasteiger partial charge in [-0.05, 0) is 61.2 Å². The fourth-order valence-electron chi connectivity index (χ4n) is 2.97. The lowest BCUT2D eigenvalue weighted by Gasteiger charge is -2.21. The third-order valence-corrected chi connectivity index (χ3v) is 4.15. The van der Waals surface area contributed by atoms with E-state index in [9.17, 15) is 18.0 Å². The van der Waals surface area contributed by atoms with Crippen LogP contribution in [0.3, 0.4) is 0 Å². The SMILES string of the molecule is COc1ccc(-c2ccccc2-c2ccccc2)c(C(=O)OC(C)(C)C)c1.FC(F)F.S. The van der Waals surface area contributed by atoms with Gasteiger partial charge in [0.05, 0.1) is 12.7 Å². The molecule has 172 valence electrons. The first-order valence-corrected chi connectivity index (χ1v) is 9.61. The molecule has 0 saturated heterocycles. The molecule has 3 aromatic carbocycles. The van der Waals surface area contributed by atoms with Crippen LogP contribution in [0.4, 0.5) is 13.2 Å². The number of carbonyl (C=O) groups is 1. The van der Waals surface area contributed by atoms with E-state index in [4.69, 9.17) is 9.47 Å². The summed E-state index contributed by atoms with van der Waals surface area (Å²) >= 11 is 0. The Morgan fingerprint density at radius 2 is 1.34 bits per heavy atom. The highest BCUT2D eigenvalue weighted by Crippen LogP contribution is 2.36. The van der Waals surface area contributed by atoms with Gasteiger partial charge in [0.25, 0.3) is 0 Å². The van der Waals surface area contributed by atoms with Gasteiger partial charge in [0.15, 0.2) is 0 Å². The molecule has 0 bridgehead atoms. The largest absolute Gasteiger partial charge is 0.497 e. The Hall–Kier alpha value is -2.93. The molecule has 3 nitrogen and oxygen atoms in total. The molecule has 7 heteroatoms. The highest BCUT2D eigenvalue weighted by molar-refractivity contribution is 7.59. The number of carbonyl (C=O) groups excluding carboxylic acids is 1. The van der Waals surface area contributed by atoms with E-state index in [-0.39, 0.29) is 19.5 Å². The summed E-state index contributed by atoms with van der Waals surface area (Å²) in [4.78, 5) is 12.9. The molecule has 0 N–H and O–H groups in total. The van der Waals surface area contributed by atoms with Gasteiger partial charge in [-0.2, -0.15) is 26.7 Å². The van der Waals surface area contributed by atoms with Crippen LogP contribution in [0.5, 0.6) is 5.75 Å². The van der Waals surface area contributed by atoms with E-state index in [0.717, 1.165) is 22.3 Å². The summed E-state index contributed by atoms with van der Waals surface area (Å²) < 4.78 is 40.0. The van der Waals surface area contributed by atoms with Crippen LogP contribution in [0.2, 0.25) is 0 Å². The lowest BCUT2D eigenvalue weighted by Crippen LogP contribution is -2.24. The zero-order valence-electron chi connectivity index (χ0n) is 18.4. The van der Waals surface area contributed by atoms with E-state index >= 15 is 0 Å². The number of hydrogen-bond acceptors (Lipinski definition) is 3. The van der Waals surface area contributed by atoms with Gasteiger partial charge < -0.3 is 9.47 Å². The topological polar surface area (TPSA) is 35.5 Å². The number of rotatable bonds is 4. The van der Waals surface area contributed by atoms with Gasteiger partial charge in [0.1, 0.15) is 11.4 Å². The number of halogens is 3. The van der Waals surface area contributed by atoms with Gasteiger partial charge in [-0.1, -0.05) is 54.6 Å². The Bertz CT molecular complexity index is 1000. The molecule has 32 heavy (non-hydrogen) atoms. The molecule has 0 unspecified atom stereocenters. The molecule has 0 saturated carbocycles. The minimum Gasteiger partial charge on any atom is -0.497 e. The maximum atomic E-state index is 12.9. The Morgan fingerprint density at radius 1 is 0.812 bits per heavy atom. The lowest BCUT2D eigenvalue weighted by molar-refractivity contribution is 0.00641. The molecular formula is C25H27F3O3S. The number of benzene rings is 3. The van der Waals surface area contributed by atoms with Crippen LogP contribution in [-0.2, 0) is 4.74 Å². The lowest BCUT2D eigenvalue weighted by atomic mass is 9.91. The van der Waals surface area contributed by atoms with Crippen molar-refractivity contribution in [1.82, 2.24) is 0 Å².